The lowest BCUT2D eigenvalue weighted by Gasteiger charge is -2.48. The fourth-order valence-corrected chi connectivity index (χ4v) is 6.07. The number of ether oxygens (including phenoxy) is 5. The monoisotopic (exact) mass is 732 g/mol. The summed E-state index contributed by atoms with van der Waals surface area (Å²) < 4.78 is 28.9. The Morgan fingerprint density at radius 3 is 1.79 bits per heavy atom. The average Bonchev–Trinajstić information content (AvgIpc) is 3.18. The fourth-order valence-electron chi connectivity index (χ4n) is 6.07. The van der Waals surface area contributed by atoms with E-state index in [1.54, 1.807) is 60.7 Å². The molecule has 0 bridgehead atoms. The van der Waals surface area contributed by atoms with Crippen LogP contribution in [0.4, 0.5) is 9.59 Å². The van der Waals surface area contributed by atoms with Crippen LogP contribution >= 0.6 is 0 Å². The van der Waals surface area contributed by atoms with E-state index >= 15 is 0 Å². The van der Waals surface area contributed by atoms with Crippen LogP contribution in [-0.2, 0) is 43.5 Å². The average molecular weight is 733 g/mol. The topological polar surface area (TPSA) is 263 Å². The van der Waals surface area contributed by atoms with Crippen LogP contribution in [0.2, 0.25) is 0 Å². The van der Waals surface area contributed by atoms with Crippen LogP contribution < -0.4 is 10.6 Å². The normalized spacial score (nSPS) is 28.0. The summed E-state index contributed by atoms with van der Waals surface area (Å²) in [5, 5.41) is 46.5. The van der Waals surface area contributed by atoms with Gasteiger partial charge in [-0.1, -0.05) is 101 Å². The van der Waals surface area contributed by atoms with E-state index in [0.717, 1.165) is 5.56 Å². The molecule has 2 amide bonds. The summed E-state index contributed by atoms with van der Waals surface area (Å²) in [7, 11) is 0. The number of aliphatic hydroxyl groups is 3. The van der Waals surface area contributed by atoms with Crippen LogP contribution in [0.5, 0.6) is 0 Å². The second kappa shape index (κ2) is 19.4. The van der Waals surface area contributed by atoms with Crippen LogP contribution in [0.1, 0.15) is 23.1 Å². The number of nitrogens with one attached hydrogen (secondary N) is 2. The molecule has 1 aliphatic heterocycles. The van der Waals surface area contributed by atoms with Gasteiger partial charge in [0.05, 0.1) is 49.6 Å². The van der Waals surface area contributed by atoms with Gasteiger partial charge >= 0.3 is 12.2 Å². The van der Waals surface area contributed by atoms with Gasteiger partial charge in [-0.05, 0) is 34.2 Å². The zero-order chi connectivity index (χ0) is 37.6. The van der Waals surface area contributed by atoms with Crippen molar-refractivity contribution in [2.45, 2.75) is 87.3 Å². The highest BCUT2D eigenvalue weighted by Gasteiger charge is 2.53. The predicted molar refractivity (Wildman–Crippen MR) is 185 cm³/mol. The van der Waals surface area contributed by atoms with Crippen LogP contribution in [-0.4, -0.2) is 95.1 Å². The van der Waals surface area contributed by atoms with E-state index in [4.69, 9.17) is 29.2 Å². The van der Waals surface area contributed by atoms with E-state index < -0.39 is 73.2 Å². The number of amides is 2. The molecule has 53 heavy (non-hydrogen) atoms. The Balaban J connectivity index is 1.35. The maximum absolute atomic E-state index is 13.1. The van der Waals surface area contributed by atoms with Crippen LogP contribution in [0.3, 0.4) is 0 Å². The summed E-state index contributed by atoms with van der Waals surface area (Å²) in [5.41, 5.74) is 20.7. The van der Waals surface area contributed by atoms with Gasteiger partial charge in [-0.2, -0.15) is 0 Å². The standard InChI is InChI=1S/C35H40N8O10/c36-42-38-17-26-25(49-18-21-10-4-1-5-11-21)16-24(41-43-37)33(52-26)53-32-28(40-35(48)51-20-23-14-8-3-9-15-23)29(44)27(30(45)31(32)46)39-34(47)50-19-22-12-6-2-7-13-22/h1-15,24-33,44-46H,16-20H2,(H,39,47)(H,40,48)/t24-,25+,26-,27-,28+,29-,30+,31-,32-,33?/m1/s1. The molecule has 5 rings (SSSR count). The smallest absolute Gasteiger partial charge is 0.407 e. The molecule has 1 heterocycles. The third-order valence-corrected chi connectivity index (χ3v) is 8.77. The number of rotatable bonds is 14. The molecule has 0 radical (unpaired) electrons. The first-order valence-corrected chi connectivity index (χ1v) is 16.8. The molecule has 10 atom stereocenters. The molecule has 3 aromatic rings. The van der Waals surface area contributed by atoms with E-state index in [1.165, 1.54) is 0 Å². The molecule has 1 saturated carbocycles. The Bertz CT molecular complexity index is 1720. The van der Waals surface area contributed by atoms with E-state index in [0.29, 0.717) is 11.1 Å². The Labute approximate surface area is 303 Å². The van der Waals surface area contributed by atoms with Gasteiger partial charge in [-0.25, -0.2) is 9.59 Å². The van der Waals surface area contributed by atoms with Gasteiger partial charge < -0.3 is 49.6 Å². The summed E-state index contributed by atoms with van der Waals surface area (Å²) in [6.45, 7) is -0.312. The van der Waals surface area contributed by atoms with Gasteiger partial charge in [0.25, 0.3) is 0 Å². The number of carbonyl (C=O) groups is 2. The number of hydrogen-bond donors (Lipinski definition) is 5. The first-order chi connectivity index (χ1) is 25.8. The zero-order valence-electron chi connectivity index (χ0n) is 28.4. The number of aliphatic hydroxyl groups excluding tert-OH is 3. The number of benzene rings is 3. The highest BCUT2D eigenvalue weighted by molar-refractivity contribution is 5.69. The quantitative estimate of drug-likeness (QED) is 0.0910. The number of alkyl carbamates (subject to hydrolysis) is 2. The van der Waals surface area contributed by atoms with Crippen molar-refractivity contribution >= 4 is 12.2 Å². The van der Waals surface area contributed by atoms with E-state index in [1.807, 2.05) is 30.3 Å². The summed E-state index contributed by atoms with van der Waals surface area (Å²) >= 11 is 0. The third-order valence-electron chi connectivity index (χ3n) is 8.77. The molecule has 0 spiro atoms. The lowest BCUT2D eigenvalue weighted by Crippen LogP contribution is -2.73. The lowest BCUT2D eigenvalue weighted by molar-refractivity contribution is -0.281. The Morgan fingerprint density at radius 1 is 0.736 bits per heavy atom. The Morgan fingerprint density at radius 2 is 1.26 bits per heavy atom. The molecule has 1 saturated heterocycles. The van der Waals surface area contributed by atoms with Crippen LogP contribution in [0.25, 0.3) is 20.9 Å². The maximum Gasteiger partial charge on any atom is 0.407 e. The molecular weight excluding hydrogens is 692 g/mol. The Kier molecular flexibility index (Phi) is 14.2. The van der Waals surface area contributed by atoms with Gasteiger partial charge in [-0.3, -0.25) is 0 Å². The van der Waals surface area contributed by atoms with Crippen molar-refractivity contribution in [2.24, 2.45) is 10.2 Å². The maximum atomic E-state index is 13.1. The van der Waals surface area contributed by atoms with Crippen molar-refractivity contribution < 1.29 is 48.6 Å². The lowest BCUT2D eigenvalue weighted by atomic mass is 9.81. The minimum atomic E-state index is -1.88. The van der Waals surface area contributed by atoms with Gasteiger partial charge in [0.2, 0.25) is 0 Å². The van der Waals surface area contributed by atoms with Gasteiger partial charge in [0, 0.05) is 9.82 Å². The van der Waals surface area contributed by atoms with Crippen molar-refractivity contribution in [1.29, 1.82) is 0 Å². The first-order valence-electron chi connectivity index (χ1n) is 16.8. The molecule has 1 aliphatic carbocycles. The SMILES string of the molecule is [N-]=[N+]=NC[C@H]1OC(O[C@H]2[C@H](O)[C@@H](O)[C@H](NC(=O)OCc3ccccc3)[C@@H](O)[C@@H]2NC(=O)OCc2ccccc2)[C@H](N=[N+]=[N-])C[C@@H]1OCc1ccccc1. The second-order valence-electron chi connectivity index (χ2n) is 12.3. The van der Waals surface area contributed by atoms with Crippen LogP contribution in [0.15, 0.2) is 101 Å². The molecule has 3 aromatic carbocycles. The van der Waals surface area contributed by atoms with Crippen molar-refractivity contribution in [3.63, 3.8) is 0 Å². The summed E-state index contributed by atoms with van der Waals surface area (Å²) in [6.07, 6.45) is -12.3. The van der Waals surface area contributed by atoms with Crippen molar-refractivity contribution in [1.82, 2.24) is 10.6 Å². The van der Waals surface area contributed by atoms with Gasteiger partial charge in [0.15, 0.2) is 6.29 Å². The first kappa shape index (κ1) is 38.8. The van der Waals surface area contributed by atoms with E-state index in [-0.39, 0.29) is 32.8 Å². The second-order valence-corrected chi connectivity index (χ2v) is 12.3. The minimum Gasteiger partial charge on any atom is -0.445 e. The molecular formula is C35H40N8O10. The number of hydrogen-bond acceptors (Lipinski definition) is 12. The fraction of sp³-hybridized carbons (Fsp3) is 0.429. The molecule has 2 fully saturated rings. The number of carbonyl (C=O) groups excluding carboxylic acids is 2. The minimum absolute atomic E-state index is 0.0236. The summed E-state index contributed by atoms with van der Waals surface area (Å²) in [4.78, 5) is 31.6. The molecule has 0 aromatic heterocycles. The number of nitrogens with zero attached hydrogens (tertiary/aromatic N) is 6. The Hall–Kier alpha value is -5.42. The highest BCUT2D eigenvalue weighted by atomic mass is 16.7. The molecule has 2 aliphatic rings. The molecule has 18 heteroatoms. The molecule has 5 N–H and O–H groups in total. The largest absolute Gasteiger partial charge is 0.445 e. The van der Waals surface area contributed by atoms with E-state index in [2.05, 4.69) is 30.7 Å². The van der Waals surface area contributed by atoms with E-state index in [9.17, 15) is 30.4 Å². The summed E-state index contributed by atoms with van der Waals surface area (Å²) in [5.74, 6) is 0. The summed E-state index contributed by atoms with van der Waals surface area (Å²) in [6, 6.07) is 22.6. The van der Waals surface area contributed by atoms with Crippen LogP contribution in [0, 0.1) is 0 Å². The molecule has 280 valence electrons. The zero-order valence-corrected chi connectivity index (χ0v) is 28.4. The molecule has 18 nitrogen and oxygen atoms in total. The van der Waals surface area contributed by atoms with Crippen molar-refractivity contribution in [3.05, 3.63) is 129 Å². The molecule has 1 unspecified atom stereocenters. The number of azide groups is 2. The van der Waals surface area contributed by atoms with Gasteiger partial charge in [-0.15, -0.1) is 0 Å². The van der Waals surface area contributed by atoms with Crippen molar-refractivity contribution in [2.75, 3.05) is 6.54 Å². The predicted octanol–water partition coefficient (Wildman–Crippen LogP) is 3.75. The van der Waals surface area contributed by atoms with Gasteiger partial charge in [0.1, 0.15) is 31.5 Å². The highest BCUT2D eigenvalue weighted by Crippen LogP contribution is 2.32. The third kappa shape index (κ3) is 10.8. The van der Waals surface area contributed by atoms with Crippen molar-refractivity contribution in [3.8, 4) is 0 Å².